The van der Waals surface area contributed by atoms with Crippen molar-refractivity contribution in [3.63, 3.8) is 0 Å². The number of aromatic hydroxyl groups is 2. The number of nitro benzene ring substituents is 1. The van der Waals surface area contributed by atoms with Gasteiger partial charge >= 0.3 is 0 Å². The SMILES string of the molecule is CN(C)CCNC(=O)COc1ccc2ccc(O)c(C=Nc3cc(Cl)c([N+](=O)[O-])cc3O)c2c1.[Cu]. The number of hydrogen-bond donors (Lipinski definition) is 3. The van der Waals surface area contributed by atoms with E-state index in [2.05, 4.69) is 10.3 Å². The Hall–Kier alpha value is -3.37. The average Bonchev–Trinajstić information content (AvgIpc) is 2.78. The van der Waals surface area contributed by atoms with Crippen LogP contribution in [0.2, 0.25) is 5.02 Å². The van der Waals surface area contributed by atoms with E-state index in [-0.39, 0.29) is 46.0 Å². The first-order valence-corrected chi connectivity index (χ1v) is 10.5. The second kappa shape index (κ2) is 12.4. The van der Waals surface area contributed by atoms with Crippen LogP contribution in [0.5, 0.6) is 17.2 Å². The number of halogens is 1. The summed E-state index contributed by atoms with van der Waals surface area (Å²) in [6, 6.07) is 10.4. The first-order chi connectivity index (χ1) is 16.2. The van der Waals surface area contributed by atoms with Crippen molar-refractivity contribution < 1.29 is 41.7 Å². The van der Waals surface area contributed by atoms with Crippen molar-refractivity contribution in [1.29, 1.82) is 0 Å². The summed E-state index contributed by atoms with van der Waals surface area (Å²) in [6.07, 6.45) is 1.31. The zero-order chi connectivity index (χ0) is 24.8. The maximum Gasteiger partial charge on any atom is 0.291 e. The van der Waals surface area contributed by atoms with Gasteiger partial charge in [-0.2, -0.15) is 0 Å². The van der Waals surface area contributed by atoms with Crippen molar-refractivity contribution in [3.8, 4) is 17.2 Å². The molecule has 0 aliphatic rings. The normalized spacial score (nSPS) is 11.0. The van der Waals surface area contributed by atoms with Crippen LogP contribution < -0.4 is 10.1 Å². The summed E-state index contributed by atoms with van der Waals surface area (Å²) in [6.45, 7) is 1.04. The van der Waals surface area contributed by atoms with Crippen LogP contribution >= 0.6 is 11.6 Å². The molecule has 0 aliphatic heterocycles. The van der Waals surface area contributed by atoms with E-state index in [4.69, 9.17) is 16.3 Å². The molecule has 0 unspecified atom stereocenters. The minimum absolute atomic E-state index is 0. The van der Waals surface area contributed by atoms with Gasteiger partial charge in [0.25, 0.3) is 11.6 Å². The summed E-state index contributed by atoms with van der Waals surface area (Å²) in [5, 5.41) is 35.4. The van der Waals surface area contributed by atoms with Gasteiger partial charge in [0.2, 0.25) is 0 Å². The number of nitrogens with zero attached hydrogens (tertiary/aromatic N) is 3. The Morgan fingerprint density at radius 3 is 2.60 bits per heavy atom. The van der Waals surface area contributed by atoms with Crippen LogP contribution in [0.4, 0.5) is 11.4 Å². The summed E-state index contributed by atoms with van der Waals surface area (Å²) in [4.78, 5) is 28.3. The Balaban J connectivity index is 0.00000432. The first kappa shape index (κ1) is 27.9. The Bertz CT molecular complexity index is 1270. The summed E-state index contributed by atoms with van der Waals surface area (Å²) < 4.78 is 5.59. The Morgan fingerprint density at radius 1 is 1.20 bits per heavy atom. The van der Waals surface area contributed by atoms with Crippen molar-refractivity contribution >= 4 is 45.9 Å². The van der Waals surface area contributed by atoms with E-state index in [1.54, 1.807) is 24.3 Å². The van der Waals surface area contributed by atoms with Crippen LogP contribution in [0.3, 0.4) is 0 Å². The van der Waals surface area contributed by atoms with Gasteiger partial charge in [0.1, 0.15) is 28.0 Å². The minimum atomic E-state index is -0.712. The molecule has 3 aromatic carbocycles. The van der Waals surface area contributed by atoms with Gasteiger partial charge in [-0.3, -0.25) is 19.9 Å². The molecule has 0 aliphatic carbocycles. The summed E-state index contributed by atoms with van der Waals surface area (Å²) in [5.74, 6) is -0.361. The second-order valence-corrected chi connectivity index (χ2v) is 8.04. The van der Waals surface area contributed by atoms with Crippen molar-refractivity contribution in [2.45, 2.75) is 0 Å². The van der Waals surface area contributed by atoms with Crippen LogP contribution in [0.25, 0.3) is 10.8 Å². The number of ether oxygens (including phenoxy) is 1. The standard InChI is InChI=1S/C23H23ClN4O6.Cu/c1-27(2)8-7-25-23(31)13-34-15-5-3-14-4-6-21(29)17(16(14)9-15)12-26-19-10-18(24)20(28(32)33)11-22(19)30;/h3-6,9-12,29-30H,7-8,13H2,1-2H3,(H,25,31);. The van der Waals surface area contributed by atoms with E-state index < -0.39 is 16.4 Å². The third-order valence-electron chi connectivity index (χ3n) is 4.84. The molecular weight excluding hydrogens is 527 g/mol. The van der Waals surface area contributed by atoms with Crippen molar-refractivity contribution in [2.75, 3.05) is 33.8 Å². The molecule has 0 bridgehead atoms. The molecule has 1 radical (unpaired) electrons. The smallest absolute Gasteiger partial charge is 0.291 e. The third-order valence-corrected chi connectivity index (χ3v) is 5.14. The number of amides is 1. The zero-order valence-electron chi connectivity index (χ0n) is 18.8. The fourth-order valence-electron chi connectivity index (χ4n) is 3.07. The van der Waals surface area contributed by atoms with Crippen LogP contribution in [0.1, 0.15) is 5.56 Å². The molecule has 3 N–H and O–H groups in total. The summed E-state index contributed by atoms with van der Waals surface area (Å²) >= 11 is 5.90. The largest absolute Gasteiger partial charge is 0.507 e. The average molecular weight is 550 g/mol. The molecular formula is C23H23ClCuN4O6. The number of carbonyl (C=O) groups excluding carboxylic acids is 1. The predicted octanol–water partition coefficient (Wildman–Crippen LogP) is 3.62. The number of rotatable bonds is 9. The van der Waals surface area contributed by atoms with Crippen LogP contribution in [-0.2, 0) is 21.9 Å². The van der Waals surface area contributed by atoms with E-state index in [1.165, 1.54) is 12.3 Å². The van der Waals surface area contributed by atoms with Crippen LogP contribution in [-0.4, -0.2) is 65.9 Å². The number of carbonyl (C=O) groups is 1. The van der Waals surface area contributed by atoms with E-state index >= 15 is 0 Å². The van der Waals surface area contributed by atoms with Gasteiger partial charge < -0.3 is 25.2 Å². The molecule has 10 nitrogen and oxygen atoms in total. The maximum absolute atomic E-state index is 12.0. The number of phenols is 2. The van der Waals surface area contributed by atoms with Crippen LogP contribution in [0, 0.1) is 10.1 Å². The summed E-state index contributed by atoms with van der Waals surface area (Å²) in [7, 11) is 3.82. The van der Waals surface area contributed by atoms with Gasteiger partial charge in [-0.15, -0.1) is 0 Å². The van der Waals surface area contributed by atoms with Gasteiger partial charge in [0, 0.05) is 41.9 Å². The molecule has 0 fully saturated rings. The van der Waals surface area contributed by atoms with E-state index in [1.807, 2.05) is 19.0 Å². The van der Waals surface area contributed by atoms with Gasteiger partial charge in [0.05, 0.1) is 11.0 Å². The number of aliphatic imine (C=N–C) groups is 1. The summed E-state index contributed by atoms with van der Waals surface area (Å²) in [5.41, 5.74) is -0.125. The molecule has 3 rings (SSSR count). The van der Waals surface area contributed by atoms with E-state index in [0.29, 0.717) is 29.8 Å². The Labute approximate surface area is 216 Å². The molecule has 0 saturated carbocycles. The maximum atomic E-state index is 12.0. The van der Waals surface area contributed by atoms with Crippen LogP contribution in [0.15, 0.2) is 47.5 Å². The Morgan fingerprint density at radius 2 is 1.91 bits per heavy atom. The van der Waals surface area contributed by atoms with Gasteiger partial charge in [0.15, 0.2) is 6.61 Å². The van der Waals surface area contributed by atoms with E-state index in [0.717, 1.165) is 17.5 Å². The molecule has 0 spiro atoms. The number of phenolic OH excluding ortho intramolecular Hbond substituents is 2. The topological polar surface area (TPSA) is 138 Å². The number of benzene rings is 3. The van der Waals surface area contributed by atoms with Crippen molar-refractivity contribution in [3.05, 3.63) is 63.2 Å². The van der Waals surface area contributed by atoms with Gasteiger partial charge in [-0.25, -0.2) is 0 Å². The second-order valence-electron chi connectivity index (χ2n) is 7.63. The fraction of sp³-hybridized carbons (Fsp3) is 0.217. The molecule has 0 heterocycles. The fourth-order valence-corrected chi connectivity index (χ4v) is 3.30. The molecule has 0 atom stereocenters. The quantitative estimate of drug-likeness (QED) is 0.160. The Kier molecular flexibility index (Phi) is 9.85. The molecule has 3 aromatic rings. The zero-order valence-corrected chi connectivity index (χ0v) is 20.5. The third kappa shape index (κ3) is 7.30. The predicted molar refractivity (Wildman–Crippen MR) is 130 cm³/mol. The van der Waals surface area contributed by atoms with Crippen molar-refractivity contribution in [2.24, 2.45) is 4.99 Å². The molecule has 35 heavy (non-hydrogen) atoms. The minimum Gasteiger partial charge on any atom is -0.507 e. The molecule has 189 valence electrons. The number of likely N-dealkylation sites (N-methyl/N-ethyl adjacent to an activating group) is 1. The number of nitrogens with one attached hydrogen (secondary N) is 1. The molecule has 0 saturated heterocycles. The number of hydrogen-bond acceptors (Lipinski definition) is 8. The monoisotopic (exact) mass is 549 g/mol. The van der Waals surface area contributed by atoms with E-state index in [9.17, 15) is 25.1 Å². The number of fused-ring (bicyclic) bond motifs is 1. The molecule has 0 aromatic heterocycles. The van der Waals surface area contributed by atoms with Gasteiger partial charge in [-0.05, 0) is 49.1 Å². The number of nitro groups is 1. The first-order valence-electron chi connectivity index (χ1n) is 10.2. The molecule has 1 amide bonds. The molecule has 12 heteroatoms. The van der Waals surface area contributed by atoms with Gasteiger partial charge in [-0.1, -0.05) is 23.7 Å². The van der Waals surface area contributed by atoms with Crippen molar-refractivity contribution in [1.82, 2.24) is 10.2 Å².